The SMILES string of the molecule is COc1cccc(-c2nc3ccc(-c4cccc(CN5CCOCC5)c4)nc3c(=O)n2CC(=O)NC(C)C)c1. The van der Waals surface area contributed by atoms with Gasteiger partial charge < -0.3 is 14.8 Å². The van der Waals surface area contributed by atoms with E-state index in [0.717, 1.165) is 38.4 Å². The van der Waals surface area contributed by atoms with E-state index in [1.54, 1.807) is 13.2 Å². The van der Waals surface area contributed by atoms with E-state index in [-0.39, 0.29) is 29.6 Å². The van der Waals surface area contributed by atoms with Gasteiger partial charge in [0.2, 0.25) is 5.91 Å². The second-order valence-electron chi connectivity index (χ2n) is 9.93. The first-order chi connectivity index (χ1) is 18.9. The lowest BCUT2D eigenvalue weighted by Gasteiger charge is -2.26. The van der Waals surface area contributed by atoms with E-state index in [4.69, 9.17) is 19.4 Å². The number of carbonyl (C=O) groups is 1. The van der Waals surface area contributed by atoms with E-state index in [0.29, 0.717) is 28.3 Å². The molecule has 1 aliphatic heterocycles. The Morgan fingerprint density at radius 1 is 1.03 bits per heavy atom. The van der Waals surface area contributed by atoms with Crippen molar-refractivity contribution >= 4 is 16.9 Å². The van der Waals surface area contributed by atoms with Gasteiger partial charge in [-0.25, -0.2) is 9.97 Å². The Morgan fingerprint density at radius 3 is 2.56 bits per heavy atom. The molecule has 0 aliphatic carbocycles. The Labute approximate surface area is 227 Å². The summed E-state index contributed by atoms with van der Waals surface area (Å²) in [6.07, 6.45) is 0. The van der Waals surface area contributed by atoms with Crippen LogP contribution < -0.4 is 15.6 Å². The number of hydrogen-bond donors (Lipinski definition) is 1. The van der Waals surface area contributed by atoms with Crippen LogP contribution in [0, 0.1) is 0 Å². The fourth-order valence-electron chi connectivity index (χ4n) is 4.75. The van der Waals surface area contributed by atoms with Gasteiger partial charge in [0, 0.05) is 36.8 Å². The summed E-state index contributed by atoms with van der Waals surface area (Å²) < 4.78 is 12.2. The van der Waals surface area contributed by atoms with Crippen molar-refractivity contribution in [3.63, 3.8) is 0 Å². The van der Waals surface area contributed by atoms with Crippen LogP contribution >= 0.6 is 0 Å². The molecule has 4 aromatic rings. The van der Waals surface area contributed by atoms with Gasteiger partial charge in [-0.1, -0.05) is 30.3 Å². The van der Waals surface area contributed by atoms with Crippen LogP contribution in [-0.4, -0.2) is 64.8 Å². The van der Waals surface area contributed by atoms with Gasteiger partial charge in [0.1, 0.15) is 18.1 Å². The van der Waals surface area contributed by atoms with Gasteiger partial charge >= 0.3 is 0 Å². The molecule has 39 heavy (non-hydrogen) atoms. The Morgan fingerprint density at radius 2 is 1.79 bits per heavy atom. The molecule has 9 nitrogen and oxygen atoms in total. The quantitative estimate of drug-likeness (QED) is 0.375. The summed E-state index contributed by atoms with van der Waals surface area (Å²) in [6.45, 7) is 7.72. The second kappa shape index (κ2) is 11.8. The lowest BCUT2D eigenvalue weighted by molar-refractivity contribution is -0.122. The number of hydrogen-bond acceptors (Lipinski definition) is 7. The van der Waals surface area contributed by atoms with E-state index in [1.165, 1.54) is 10.1 Å². The predicted octanol–water partition coefficient (Wildman–Crippen LogP) is 3.49. The van der Waals surface area contributed by atoms with E-state index in [9.17, 15) is 9.59 Å². The average Bonchev–Trinajstić information content (AvgIpc) is 2.94. The molecule has 202 valence electrons. The number of benzene rings is 2. The number of nitrogens with one attached hydrogen (secondary N) is 1. The molecule has 1 N–H and O–H groups in total. The number of methoxy groups -OCH3 is 1. The van der Waals surface area contributed by atoms with Gasteiger partial charge in [-0.15, -0.1) is 0 Å². The van der Waals surface area contributed by atoms with Crippen LogP contribution in [0.4, 0.5) is 0 Å². The van der Waals surface area contributed by atoms with Crippen molar-refractivity contribution in [3.05, 3.63) is 76.6 Å². The van der Waals surface area contributed by atoms with Gasteiger partial charge in [0.05, 0.1) is 31.5 Å². The van der Waals surface area contributed by atoms with Crippen molar-refractivity contribution in [1.82, 2.24) is 24.8 Å². The highest BCUT2D eigenvalue weighted by Gasteiger charge is 2.18. The standard InChI is InChI=1S/C30H33N5O4/c1-20(2)31-27(36)19-35-29(23-8-5-9-24(17-23)38-3)33-26-11-10-25(32-28(26)30(35)37)22-7-4-6-21(16-22)18-34-12-14-39-15-13-34/h4-11,16-17,20H,12-15,18-19H2,1-3H3,(H,31,36). The van der Waals surface area contributed by atoms with Crippen molar-refractivity contribution in [3.8, 4) is 28.4 Å². The lowest BCUT2D eigenvalue weighted by Crippen LogP contribution is -2.37. The van der Waals surface area contributed by atoms with Crippen molar-refractivity contribution in [2.75, 3.05) is 33.4 Å². The van der Waals surface area contributed by atoms with Crippen LogP contribution in [0.2, 0.25) is 0 Å². The van der Waals surface area contributed by atoms with Crippen LogP contribution in [0.1, 0.15) is 19.4 Å². The lowest BCUT2D eigenvalue weighted by atomic mass is 10.1. The normalized spacial score (nSPS) is 14.1. The number of morpholine rings is 1. The molecule has 0 unspecified atom stereocenters. The zero-order chi connectivity index (χ0) is 27.4. The van der Waals surface area contributed by atoms with Crippen molar-refractivity contribution < 1.29 is 14.3 Å². The van der Waals surface area contributed by atoms with Gasteiger partial charge in [0.15, 0.2) is 5.52 Å². The highest BCUT2D eigenvalue weighted by molar-refractivity contribution is 5.81. The maximum atomic E-state index is 13.8. The third kappa shape index (κ3) is 6.16. The van der Waals surface area contributed by atoms with Crippen LogP contribution in [0.5, 0.6) is 5.75 Å². The largest absolute Gasteiger partial charge is 0.497 e. The molecule has 5 rings (SSSR count). The van der Waals surface area contributed by atoms with Crippen LogP contribution in [0.3, 0.4) is 0 Å². The summed E-state index contributed by atoms with van der Waals surface area (Å²) in [5, 5.41) is 2.86. The molecular weight excluding hydrogens is 494 g/mol. The molecule has 1 aliphatic rings. The summed E-state index contributed by atoms with van der Waals surface area (Å²) in [4.78, 5) is 38.5. The molecule has 0 radical (unpaired) electrons. The molecule has 1 amide bonds. The molecule has 3 heterocycles. The maximum absolute atomic E-state index is 13.8. The molecule has 2 aromatic carbocycles. The van der Waals surface area contributed by atoms with E-state index in [1.807, 2.05) is 56.3 Å². The van der Waals surface area contributed by atoms with E-state index >= 15 is 0 Å². The summed E-state index contributed by atoms with van der Waals surface area (Å²) in [5.41, 5.74) is 3.75. The molecule has 9 heteroatoms. The minimum absolute atomic E-state index is 0.0589. The minimum Gasteiger partial charge on any atom is -0.497 e. The maximum Gasteiger partial charge on any atom is 0.280 e. The number of nitrogens with zero attached hydrogens (tertiary/aromatic N) is 4. The van der Waals surface area contributed by atoms with Crippen LogP contribution in [0.25, 0.3) is 33.7 Å². The predicted molar refractivity (Wildman–Crippen MR) is 151 cm³/mol. The first-order valence-corrected chi connectivity index (χ1v) is 13.2. The first-order valence-electron chi connectivity index (χ1n) is 13.2. The molecule has 1 fully saturated rings. The molecule has 1 saturated heterocycles. The topological polar surface area (TPSA) is 98.6 Å². The first kappa shape index (κ1) is 26.5. The minimum atomic E-state index is -0.372. The fourth-order valence-corrected chi connectivity index (χ4v) is 4.75. The van der Waals surface area contributed by atoms with Gasteiger partial charge in [-0.3, -0.25) is 19.1 Å². The summed E-state index contributed by atoms with van der Waals surface area (Å²) in [6, 6.07) is 19.1. The molecule has 0 spiro atoms. The van der Waals surface area contributed by atoms with Crippen molar-refractivity contribution in [2.45, 2.75) is 33.0 Å². The van der Waals surface area contributed by atoms with Crippen molar-refractivity contribution in [1.29, 1.82) is 0 Å². The van der Waals surface area contributed by atoms with Gasteiger partial charge in [-0.05, 0) is 49.7 Å². The van der Waals surface area contributed by atoms with E-state index in [2.05, 4.69) is 22.3 Å². The van der Waals surface area contributed by atoms with Crippen LogP contribution in [0.15, 0.2) is 65.5 Å². The molecule has 0 saturated carbocycles. The number of pyridine rings is 1. The summed E-state index contributed by atoms with van der Waals surface area (Å²) >= 11 is 0. The van der Waals surface area contributed by atoms with E-state index < -0.39 is 0 Å². The molecule has 0 bridgehead atoms. The average molecular weight is 528 g/mol. The second-order valence-corrected chi connectivity index (χ2v) is 9.93. The molecule has 0 atom stereocenters. The number of carbonyl (C=O) groups excluding carboxylic acids is 1. The number of rotatable bonds is 8. The van der Waals surface area contributed by atoms with Crippen molar-refractivity contribution in [2.24, 2.45) is 0 Å². The Hall–Kier alpha value is -4.08. The smallest absolute Gasteiger partial charge is 0.280 e. The number of amides is 1. The molecule has 2 aromatic heterocycles. The third-order valence-corrected chi connectivity index (χ3v) is 6.62. The highest BCUT2D eigenvalue weighted by atomic mass is 16.5. The number of ether oxygens (including phenoxy) is 2. The summed E-state index contributed by atoms with van der Waals surface area (Å²) in [7, 11) is 1.58. The Balaban J connectivity index is 1.56. The fraction of sp³-hybridized carbons (Fsp3) is 0.333. The highest BCUT2D eigenvalue weighted by Crippen LogP contribution is 2.25. The number of aromatic nitrogens is 3. The number of fused-ring (bicyclic) bond motifs is 1. The molecular formula is C30H33N5O4. The summed E-state index contributed by atoms with van der Waals surface area (Å²) in [5.74, 6) is 0.738. The zero-order valence-corrected chi connectivity index (χ0v) is 22.5. The van der Waals surface area contributed by atoms with Gasteiger partial charge in [0.25, 0.3) is 5.56 Å². The van der Waals surface area contributed by atoms with Crippen LogP contribution in [-0.2, 0) is 22.6 Å². The van der Waals surface area contributed by atoms with Gasteiger partial charge in [-0.2, -0.15) is 0 Å². The monoisotopic (exact) mass is 527 g/mol. The zero-order valence-electron chi connectivity index (χ0n) is 22.5. The Bertz CT molecular complexity index is 1540. The Kier molecular flexibility index (Phi) is 7.99. The third-order valence-electron chi connectivity index (χ3n) is 6.62.